The molecule has 3 N–H and O–H groups in total. The summed E-state index contributed by atoms with van der Waals surface area (Å²) < 4.78 is 0. The van der Waals surface area contributed by atoms with Crippen molar-refractivity contribution in [3.63, 3.8) is 0 Å². The van der Waals surface area contributed by atoms with E-state index in [1.165, 1.54) is 6.42 Å². The van der Waals surface area contributed by atoms with E-state index in [9.17, 15) is 4.79 Å². The third-order valence-electron chi connectivity index (χ3n) is 4.23. The maximum Gasteiger partial charge on any atom is 0.224 e. The summed E-state index contributed by atoms with van der Waals surface area (Å²) in [6, 6.07) is 8.26. The number of amides is 1. The van der Waals surface area contributed by atoms with E-state index in [2.05, 4.69) is 19.2 Å². The van der Waals surface area contributed by atoms with E-state index in [1.54, 1.807) is 0 Å². The number of carbonyl (C=O) groups excluding carboxylic acids is 1. The number of hydrogen-bond donors (Lipinski definition) is 2. The molecule has 1 amide bonds. The van der Waals surface area contributed by atoms with Gasteiger partial charge in [-0.3, -0.25) is 4.79 Å². The van der Waals surface area contributed by atoms with Crippen LogP contribution in [0.3, 0.4) is 0 Å². The van der Waals surface area contributed by atoms with Crippen LogP contribution >= 0.6 is 0 Å². The van der Waals surface area contributed by atoms with Gasteiger partial charge >= 0.3 is 0 Å². The molecule has 0 spiro atoms. The Labute approximate surface area is 121 Å². The number of hydrogen-bond acceptors (Lipinski definition) is 2. The van der Waals surface area contributed by atoms with Gasteiger partial charge in [-0.2, -0.15) is 0 Å². The van der Waals surface area contributed by atoms with Crippen molar-refractivity contribution in [1.29, 1.82) is 0 Å². The lowest BCUT2D eigenvalue weighted by molar-refractivity contribution is -0.121. The van der Waals surface area contributed by atoms with Gasteiger partial charge in [-0.25, -0.2) is 0 Å². The highest BCUT2D eigenvalue weighted by molar-refractivity contribution is 5.79. The molecule has 110 valence electrons. The first-order valence-corrected chi connectivity index (χ1v) is 7.64. The van der Waals surface area contributed by atoms with E-state index in [1.807, 2.05) is 24.3 Å². The Kier molecular flexibility index (Phi) is 5.18. The summed E-state index contributed by atoms with van der Waals surface area (Å²) in [6.45, 7) is 5.04. The molecule has 3 heteroatoms. The molecule has 1 aromatic carbocycles. The van der Waals surface area contributed by atoms with E-state index < -0.39 is 0 Å². The first-order chi connectivity index (χ1) is 9.58. The van der Waals surface area contributed by atoms with Crippen LogP contribution in [-0.4, -0.2) is 11.9 Å². The fraction of sp³-hybridized carbons (Fsp3) is 0.588. The molecule has 20 heavy (non-hydrogen) atoms. The average Bonchev–Trinajstić information content (AvgIpc) is 2.37. The molecule has 1 fully saturated rings. The van der Waals surface area contributed by atoms with Crippen LogP contribution in [0.1, 0.15) is 44.2 Å². The maximum absolute atomic E-state index is 12.2. The van der Waals surface area contributed by atoms with Gasteiger partial charge in [0.1, 0.15) is 0 Å². The molecule has 1 aliphatic carbocycles. The Bertz CT molecular complexity index is 448. The molecule has 0 aromatic heterocycles. The molecule has 3 nitrogen and oxygen atoms in total. The van der Waals surface area contributed by atoms with Crippen molar-refractivity contribution in [2.45, 2.75) is 52.1 Å². The van der Waals surface area contributed by atoms with Gasteiger partial charge in [0, 0.05) is 12.6 Å². The highest BCUT2D eigenvalue weighted by atomic mass is 16.1. The number of rotatable bonds is 4. The standard InChI is InChI=1S/C17H26N2O/c1-12-7-13(2)9-16(8-12)19-17(20)10-14-5-3-4-6-15(14)11-18/h3-6,12-13,16H,7-11,18H2,1-2H3,(H,19,20). The largest absolute Gasteiger partial charge is 0.353 e. The molecule has 2 rings (SSSR count). The lowest BCUT2D eigenvalue weighted by Crippen LogP contribution is -2.40. The van der Waals surface area contributed by atoms with Gasteiger partial charge in [-0.15, -0.1) is 0 Å². The van der Waals surface area contributed by atoms with E-state index in [0.29, 0.717) is 30.8 Å². The number of benzene rings is 1. The van der Waals surface area contributed by atoms with Gasteiger partial charge in [-0.1, -0.05) is 38.1 Å². The molecule has 0 heterocycles. The summed E-state index contributed by atoms with van der Waals surface area (Å²) in [5.74, 6) is 1.54. The number of nitrogens with one attached hydrogen (secondary N) is 1. The highest BCUT2D eigenvalue weighted by Crippen LogP contribution is 2.28. The first kappa shape index (κ1) is 15.0. The highest BCUT2D eigenvalue weighted by Gasteiger charge is 2.25. The van der Waals surface area contributed by atoms with Crippen molar-refractivity contribution < 1.29 is 4.79 Å². The quantitative estimate of drug-likeness (QED) is 0.887. The maximum atomic E-state index is 12.2. The van der Waals surface area contributed by atoms with Crippen molar-refractivity contribution in [2.75, 3.05) is 0 Å². The van der Waals surface area contributed by atoms with Crippen LogP contribution in [-0.2, 0) is 17.8 Å². The molecular weight excluding hydrogens is 248 g/mol. The molecule has 2 atom stereocenters. The van der Waals surface area contributed by atoms with Gasteiger partial charge < -0.3 is 11.1 Å². The van der Waals surface area contributed by atoms with Crippen LogP contribution in [0, 0.1) is 11.8 Å². The third-order valence-corrected chi connectivity index (χ3v) is 4.23. The van der Waals surface area contributed by atoms with Crippen LogP contribution < -0.4 is 11.1 Å². The summed E-state index contributed by atoms with van der Waals surface area (Å²) in [7, 11) is 0. The molecule has 1 aromatic rings. The van der Waals surface area contributed by atoms with Gasteiger partial charge in [0.15, 0.2) is 0 Å². The second kappa shape index (κ2) is 6.89. The minimum Gasteiger partial charge on any atom is -0.353 e. The number of carbonyl (C=O) groups is 1. The zero-order valence-electron chi connectivity index (χ0n) is 12.6. The molecule has 1 aliphatic rings. The third kappa shape index (κ3) is 4.07. The molecule has 0 aliphatic heterocycles. The first-order valence-electron chi connectivity index (χ1n) is 7.64. The van der Waals surface area contributed by atoms with Crippen LogP contribution in [0.5, 0.6) is 0 Å². The Hall–Kier alpha value is -1.35. The van der Waals surface area contributed by atoms with Crippen molar-refractivity contribution in [2.24, 2.45) is 17.6 Å². The summed E-state index contributed by atoms with van der Waals surface area (Å²) in [6.07, 6.45) is 3.93. The van der Waals surface area contributed by atoms with Gasteiger partial charge in [0.05, 0.1) is 6.42 Å². The second-order valence-corrected chi connectivity index (χ2v) is 6.33. The Balaban J connectivity index is 1.92. The average molecular weight is 274 g/mol. The van der Waals surface area contributed by atoms with Gasteiger partial charge in [0.25, 0.3) is 0 Å². The zero-order chi connectivity index (χ0) is 14.5. The summed E-state index contributed by atoms with van der Waals surface area (Å²) >= 11 is 0. The van der Waals surface area contributed by atoms with Crippen LogP contribution in [0.4, 0.5) is 0 Å². The van der Waals surface area contributed by atoms with E-state index >= 15 is 0 Å². The minimum absolute atomic E-state index is 0.122. The molecule has 1 saturated carbocycles. The van der Waals surface area contributed by atoms with Crippen molar-refractivity contribution in [1.82, 2.24) is 5.32 Å². The lowest BCUT2D eigenvalue weighted by Gasteiger charge is -2.32. The van der Waals surface area contributed by atoms with Crippen LogP contribution in [0.2, 0.25) is 0 Å². The van der Waals surface area contributed by atoms with E-state index in [0.717, 1.165) is 24.0 Å². The van der Waals surface area contributed by atoms with Crippen molar-refractivity contribution >= 4 is 5.91 Å². The summed E-state index contributed by atoms with van der Waals surface area (Å²) in [5.41, 5.74) is 7.82. The van der Waals surface area contributed by atoms with Crippen molar-refractivity contribution in [3.8, 4) is 0 Å². The zero-order valence-corrected chi connectivity index (χ0v) is 12.6. The Morgan fingerprint density at radius 2 is 1.75 bits per heavy atom. The lowest BCUT2D eigenvalue weighted by atomic mass is 9.80. The Morgan fingerprint density at radius 1 is 1.15 bits per heavy atom. The van der Waals surface area contributed by atoms with Crippen LogP contribution in [0.15, 0.2) is 24.3 Å². The molecule has 2 unspecified atom stereocenters. The van der Waals surface area contributed by atoms with E-state index in [-0.39, 0.29) is 5.91 Å². The van der Waals surface area contributed by atoms with Crippen molar-refractivity contribution in [3.05, 3.63) is 35.4 Å². The Morgan fingerprint density at radius 3 is 2.35 bits per heavy atom. The molecule has 0 radical (unpaired) electrons. The molecule has 0 saturated heterocycles. The smallest absolute Gasteiger partial charge is 0.224 e. The summed E-state index contributed by atoms with van der Waals surface area (Å²) in [5, 5.41) is 3.20. The molecule has 0 bridgehead atoms. The minimum atomic E-state index is 0.122. The van der Waals surface area contributed by atoms with Gasteiger partial charge in [0.2, 0.25) is 5.91 Å². The van der Waals surface area contributed by atoms with Gasteiger partial charge in [-0.05, 0) is 42.2 Å². The summed E-state index contributed by atoms with van der Waals surface area (Å²) in [4.78, 5) is 12.2. The normalized spacial score (nSPS) is 26.2. The predicted molar refractivity (Wildman–Crippen MR) is 82.1 cm³/mol. The fourth-order valence-corrected chi connectivity index (χ4v) is 3.45. The second-order valence-electron chi connectivity index (χ2n) is 6.33. The fourth-order valence-electron chi connectivity index (χ4n) is 3.45. The number of nitrogens with two attached hydrogens (primary N) is 1. The molecular formula is C17H26N2O. The van der Waals surface area contributed by atoms with E-state index in [4.69, 9.17) is 5.73 Å². The van der Waals surface area contributed by atoms with Crippen LogP contribution in [0.25, 0.3) is 0 Å². The topological polar surface area (TPSA) is 55.1 Å². The predicted octanol–water partition coefficient (Wildman–Crippen LogP) is 2.63. The SMILES string of the molecule is CC1CC(C)CC(NC(=O)Cc2ccccc2CN)C1. The monoisotopic (exact) mass is 274 g/mol.